The minimum Gasteiger partial charge on any atom is -0.495 e. The van der Waals surface area contributed by atoms with Crippen molar-refractivity contribution in [2.24, 2.45) is 0 Å². The number of methoxy groups -OCH3 is 1. The molecule has 2 aromatic rings. The molecule has 1 atom stereocenters. The van der Waals surface area contributed by atoms with Crippen LogP contribution in [-0.2, 0) is 0 Å². The van der Waals surface area contributed by atoms with Crippen molar-refractivity contribution >= 4 is 11.6 Å². The quantitative estimate of drug-likeness (QED) is 0.924. The molecule has 0 fully saturated rings. The van der Waals surface area contributed by atoms with Crippen molar-refractivity contribution in [1.29, 1.82) is 0 Å². The summed E-state index contributed by atoms with van der Waals surface area (Å²) < 4.78 is 18.3. The Hall–Kier alpha value is -1.58. The highest BCUT2D eigenvalue weighted by Crippen LogP contribution is 2.30. The SMILES string of the molecule is COc1ccc(C(O)c2ccc(F)c(C)c2)cc1Cl. The standard InChI is InChI=1S/C15H14ClFO2/c1-9-7-10(3-5-13(9)17)15(18)11-4-6-14(19-2)12(16)8-11/h3-8,15,18H,1-2H3. The lowest BCUT2D eigenvalue weighted by molar-refractivity contribution is 0.220. The Morgan fingerprint density at radius 3 is 2.37 bits per heavy atom. The van der Waals surface area contributed by atoms with Crippen molar-refractivity contribution in [1.82, 2.24) is 0 Å². The van der Waals surface area contributed by atoms with Gasteiger partial charge >= 0.3 is 0 Å². The van der Waals surface area contributed by atoms with Gasteiger partial charge in [-0.15, -0.1) is 0 Å². The van der Waals surface area contributed by atoms with Gasteiger partial charge in [-0.05, 0) is 41.8 Å². The zero-order chi connectivity index (χ0) is 14.0. The second kappa shape index (κ2) is 5.59. The smallest absolute Gasteiger partial charge is 0.137 e. The van der Waals surface area contributed by atoms with Crippen LogP contribution in [0.3, 0.4) is 0 Å². The normalized spacial score (nSPS) is 12.3. The molecule has 2 rings (SSSR count). The first-order valence-corrected chi connectivity index (χ1v) is 6.18. The second-order valence-electron chi connectivity index (χ2n) is 4.31. The molecule has 1 unspecified atom stereocenters. The van der Waals surface area contributed by atoms with Crippen LogP contribution >= 0.6 is 11.6 Å². The maximum Gasteiger partial charge on any atom is 0.137 e. The maximum absolute atomic E-state index is 13.2. The molecule has 0 aliphatic heterocycles. The summed E-state index contributed by atoms with van der Waals surface area (Å²) >= 11 is 6.02. The molecule has 4 heteroatoms. The Kier molecular flexibility index (Phi) is 4.08. The summed E-state index contributed by atoms with van der Waals surface area (Å²) in [6.07, 6.45) is -0.845. The van der Waals surface area contributed by atoms with Crippen LogP contribution in [0, 0.1) is 12.7 Å². The fraction of sp³-hybridized carbons (Fsp3) is 0.200. The lowest BCUT2D eigenvalue weighted by Gasteiger charge is -2.14. The molecule has 0 aliphatic rings. The second-order valence-corrected chi connectivity index (χ2v) is 4.71. The Morgan fingerprint density at radius 1 is 1.16 bits per heavy atom. The van der Waals surface area contributed by atoms with Gasteiger partial charge in [0, 0.05) is 0 Å². The molecule has 0 aromatic heterocycles. The Morgan fingerprint density at radius 2 is 1.79 bits per heavy atom. The van der Waals surface area contributed by atoms with Crippen LogP contribution in [0.2, 0.25) is 5.02 Å². The average molecular weight is 281 g/mol. The number of aryl methyl sites for hydroxylation is 1. The lowest BCUT2D eigenvalue weighted by Crippen LogP contribution is -2.01. The molecule has 0 amide bonds. The van der Waals surface area contributed by atoms with E-state index in [1.54, 1.807) is 37.3 Å². The molecule has 0 saturated heterocycles. The van der Waals surface area contributed by atoms with E-state index in [2.05, 4.69) is 0 Å². The molecule has 1 N–H and O–H groups in total. The van der Waals surface area contributed by atoms with Crippen LogP contribution in [0.1, 0.15) is 22.8 Å². The summed E-state index contributed by atoms with van der Waals surface area (Å²) in [4.78, 5) is 0. The van der Waals surface area contributed by atoms with Gasteiger partial charge < -0.3 is 9.84 Å². The third-order valence-corrected chi connectivity index (χ3v) is 3.28. The van der Waals surface area contributed by atoms with Gasteiger partial charge in [0.1, 0.15) is 17.7 Å². The minimum atomic E-state index is -0.845. The van der Waals surface area contributed by atoms with Crippen molar-refractivity contribution in [3.05, 3.63) is 63.9 Å². The van der Waals surface area contributed by atoms with Crippen molar-refractivity contribution in [2.45, 2.75) is 13.0 Å². The van der Waals surface area contributed by atoms with Gasteiger partial charge in [0.05, 0.1) is 12.1 Å². The maximum atomic E-state index is 13.2. The Labute approximate surface area is 116 Å². The summed E-state index contributed by atoms with van der Waals surface area (Å²) in [6.45, 7) is 1.66. The van der Waals surface area contributed by atoms with E-state index < -0.39 is 6.10 Å². The largest absolute Gasteiger partial charge is 0.495 e. The van der Waals surface area contributed by atoms with Crippen molar-refractivity contribution < 1.29 is 14.2 Å². The highest BCUT2D eigenvalue weighted by Gasteiger charge is 2.13. The number of aliphatic hydroxyl groups excluding tert-OH is 1. The van der Waals surface area contributed by atoms with E-state index in [4.69, 9.17) is 16.3 Å². The fourth-order valence-electron chi connectivity index (χ4n) is 1.88. The molecular formula is C15H14ClFO2. The van der Waals surface area contributed by atoms with Crippen LogP contribution in [0.15, 0.2) is 36.4 Å². The number of aliphatic hydroxyl groups is 1. The summed E-state index contributed by atoms with van der Waals surface area (Å²) in [5.74, 6) is 0.261. The van der Waals surface area contributed by atoms with Crippen LogP contribution in [-0.4, -0.2) is 12.2 Å². The highest BCUT2D eigenvalue weighted by atomic mass is 35.5. The molecule has 0 radical (unpaired) electrons. The van der Waals surface area contributed by atoms with Crippen molar-refractivity contribution in [3.8, 4) is 5.75 Å². The zero-order valence-corrected chi connectivity index (χ0v) is 11.4. The number of ether oxygens (including phenoxy) is 1. The molecule has 0 saturated carbocycles. The van der Waals surface area contributed by atoms with Gasteiger partial charge in [0.2, 0.25) is 0 Å². The fourth-order valence-corrected chi connectivity index (χ4v) is 2.15. The van der Waals surface area contributed by atoms with E-state index in [0.29, 0.717) is 27.5 Å². The topological polar surface area (TPSA) is 29.5 Å². The van der Waals surface area contributed by atoms with Gasteiger partial charge in [-0.1, -0.05) is 29.8 Å². The predicted molar refractivity (Wildman–Crippen MR) is 73.2 cm³/mol. The predicted octanol–water partition coefficient (Wildman–Crippen LogP) is 3.88. The Balaban J connectivity index is 2.35. The number of halogens is 2. The van der Waals surface area contributed by atoms with E-state index in [1.165, 1.54) is 13.2 Å². The minimum absolute atomic E-state index is 0.288. The van der Waals surface area contributed by atoms with Crippen LogP contribution < -0.4 is 4.74 Å². The molecule has 0 heterocycles. The molecule has 0 spiro atoms. The Bertz CT molecular complexity index is 599. The third-order valence-electron chi connectivity index (χ3n) is 2.99. The van der Waals surface area contributed by atoms with Gasteiger partial charge in [-0.25, -0.2) is 4.39 Å². The van der Waals surface area contributed by atoms with Crippen molar-refractivity contribution in [2.75, 3.05) is 7.11 Å². The van der Waals surface area contributed by atoms with Gasteiger partial charge in [-0.3, -0.25) is 0 Å². The molecule has 0 aliphatic carbocycles. The van der Waals surface area contributed by atoms with Crippen LogP contribution in [0.5, 0.6) is 5.75 Å². The third kappa shape index (κ3) is 2.88. The summed E-state index contributed by atoms with van der Waals surface area (Å²) in [5, 5.41) is 10.7. The van der Waals surface area contributed by atoms with Gasteiger partial charge in [0.25, 0.3) is 0 Å². The molecule has 100 valence electrons. The van der Waals surface area contributed by atoms with Gasteiger partial charge in [0.15, 0.2) is 0 Å². The molecule has 2 nitrogen and oxygen atoms in total. The molecule has 0 bridgehead atoms. The first-order valence-electron chi connectivity index (χ1n) is 5.80. The molecular weight excluding hydrogens is 267 g/mol. The van der Waals surface area contributed by atoms with E-state index >= 15 is 0 Å². The van der Waals surface area contributed by atoms with Crippen molar-refractivity contribution in [3.63, 3.8) is 0 Å². The zero-order valence-electron chi connectivity index (χ0n) is 10.7. The van der Waals surface area contributed by atoms with E-state index in [0.717, 1.165) is 0 Å². The summed E-state index contributed by atoms with van der Waals surface area (Å²) in [7, 11) is 1.53. The lowest BCUT2D eigenvalue weighted by atomic mass is 10.00. The molecule has 19 heavy (non-hydrogen) atoms. The first kappa shape index (κ1) is 13.8. The molecule has 2 aromatic carbocycles. The van der Waals surface area contributed by atoms with E-state index in [9.17, 15) is 9.50 Å². The van der Waals surface area contributed by atoms with Crippen LogP contribution in [0.25, 0.3) is 0 Å². The van der Waals surface area contributed by atoms with E-state index in [-0.39, 0.29) is 5.82 Å². The number of hydrogen-bond acceptors (Lipinski definition) is 2. The average Bonchev–Trinajstić information content (AvgIpc) is 2.41. The number of benzene rings is 2. The summed E-state index contributed by atoms with van der Waals surface area (Å²) in [6, 6.07) is 9.59. The van der Waals surface area contributed by atoms with E-state index in [1.807, 2.05) is 0 Å². The van der Waals surface area contributed by atoms with Crippen LogP contribution in [0.4, 0.5) is 4.39 Å². The highest BCUT2D eigenvalue weighted by molar-refractivity contribution is 6.32. The summed E-state index contributed by atoms with van der Waals surface area (Å²) in [5.41, 5.74) is 1.76. The first-order chi connectivity index (χ1) is 9.02. The van der Waals surface area contributed by atoms with Gasteiger partial charge in [-0.2, -0.15) is 0 Å². The monoisotopic (exact) mass is 280 g/mol. The number of rotatable bonds is 3. The number of hydrogen-bond donors (Lipinski definition) is 1.